The van der Waals surface area contributed by atoms with Crippen molar-refractivity contribution < 1.29 is 9.59 Å². The summed E-state index contributed by atoms with van der Waals surface area (Å²) < 4.78 is 0. The van der Waals surface area contributed by atoms with E-state index >= 15 is 0 Å². The molecule has 2 aliphatic heterocycles. The van der Waals surface area contributed by atoms with Gasteiger partial charge in [0.25, 0.3) is 5.91 Å². The van der Waals surface area contributed by atoms with Gasteiger partial charge < -0.3 is 15.1 Å². The lowest BCUT2D eigenvalue weighted by Gasteiger charge is -2.33. The van der Waals surface area contributed by atoms with E-state index in [2.05, 4.69) is 10.3 Å². The predicted molar refractivity (Wildman–Crippen MR) is 108 cm³/mol. The summed E-state index contributed by atoms with van der Waals surface area (Å²) in [7, 11) is 1.85. The van der Waals surface area contributed by atoms with Gasteiger partial charge in [-0.05, 0) is 25.0 Å². The van der Waals surface area contributed by atoms with E-state index in [0.29, 0.717) is 25.2 Å². The average Bonchev–Trinajstić information content (AvgIpc) is 2.78. The number of anilines is 1. The highest BCUT2D eigenvalue weighted by atomic mass is 16.2. The molecule has 8 nitrogen and oxygen atoms in total. The van der Waals surface area contributed by atoms with Gasteiger partial charge in [-0.2, -0.15) is 0 Å². The SMILES string of the molecule is CNc1nc(C2CCCN(C(=O)c3cccnc3)C2)nc2c1CN(C(C)=O)CC2. The first-order chi connectivity index (χ1) is 14.1. The molecule has 2 aromatic rings. The van der Waals surface area contributed by atoms with Crippen LogP contribution in [-0.2, 0) is 17.8 Å². The number of nitrogens with one attached hydrogen (secondary N) is 1. The fraction of sp³-hybridized carbons (Fsp3) is 0.476. The van der Waals surface area contributed by atoms with Crippen LogP contribution < -0.4 is 5.32 Å². The van der Waals surface area contributed by atoms with Crippen molar-refractivity contribution >= 4 is 17.6 Å². The van der Waals surface area contributed by atoms with Gasteiger partial charge in [-0.25, -0.2) is 9.97 Å². The first-order valence-corrected chi connectivity index (χ1v) is 10.1. The van der Waals surface area contributed by atoms with E-state index in [1.807, 2.05) is 16.8 Å². The molecule has 0 spiro atoms. The van der Waals surface area contributed by atoms with Crippen molar-refractivity contribution in [3.63, 3.8) is 0 Å². The quantitative estimate of drug-likeness (QED) is 0.854. The summed E-state index contributed by atoms with van der Waals surface area (Å²) in [6.07, 6.45) is 5.89. The molecule has 152 valence electrons. The van der Waals surface area contributed by atoms with Crippen LogP contribution in [-0.4, -0.2) is 63.2 Å². The first kappa shape index (κ1) is 19.3. The molecule has 1 atom stereocenters. The highest BCUT2D eigenvalue weighted by molar-refractivity contribution is 5.94. The molecular formula is C21H26N6O2. The van der Waals surface area contributed by atoms with Crippen molar-refractivity contribution in [2.45, 2.75) is 38.6 Å². The fourth-order valence-corrected chi connectivity index (χ4v) is 4.14. The third kappa shape index (κ3) is 3.92. The van der Waals surface area contributed by atoms with Gasteiger partial charge in [0.15, 0.2) is 0 Å². The summed E-state index contributed by atoms with van der Waals surface area (Å²) in [5, 5.41) is 3.18. The number of piperidine rings is 1. The lowest BCUT2D eigenvalue weighted by molar-refractivity contribution is -0.129. The van der Waals surface area contributed by atoms with E-state index in [-0.39, 0.29) is 17.7 Å². The number of nitrogens with zero attached hydrogens (tertiary/aromatic N) is 5. The number of fused-ring (bicyclic) bond motifs is 1. The Bertz CT molecular complexity index is 900. The molecule has 1 N–H and O–H groups in total. The van der Waals surface area contributed by atoms with Gasteiger partial charge in [-0.3, -0.25) is 14.6 Å². The third-order valence-corrected chi connectivity index (χ3v) is 5.74. The van der Waals surface area contributed by atoms with E-state index < -0.39 is 0 Å². The summed E-state index contributed by atoms with van der Waals surface area (Å²) in [5.41, 5.74) is 2.61. The molecule has 0 radical (unpaired) electrons. The van der Waals surface area contributed by atoms with Crippen LogP contribution in [0.5, 0.6) is 0 Å². The highest BCUT2D eigenvalue weighted by Crippen LogP contribution is 2.30. The van der Waals surface area contributed by atoms with Gasteiger partial charge in [-0.1, -0.05) is 0 Å². The molecule has 2 aromatic heterocycles. The standard InChI is InChI=1S/C21H26N6O2/c1-14(28)26-10-7-18-17(13-26)20(22-2)25-19(24-18)16-6-4-9-27(12-16)21(29)15-5-3-8-23-11-15/h3,5,8,11,16H,4,6-7,9-10,12-13H2,1-2H3,(H,22,24,25). The van der Waals surface area contributed by atoms with Crippen molar-refractivity contribution in [1.29, 1.82) is 0 Å². The largest absolute Gasteiger partial charge is 0.373 e. The number of hydrogen-bond donors (Lipinski definition) is 1. The molecule has 0 saturated carbocycles. The van der Waals surface area contributed by atoms with Gasteiger partial charge >= 0.3 is 0 Å². The van der Waals surface area contributed by atoms with Gasteiger partial charge in [0, 0.05) is 63.9 Å². The summed E-state index contributed by atoms with van der Waals surface area (Å²) in [5.74, 6) is 1.75. The van der Waals surface area contributed by atoms with Crippen LogP contribution in [0.1, 0.15) is 53.1 Å². The summed E-state index contributed by atoms with van der Waals surface area (Å²) >= 11 is 0. The normalized spacial score (nSPS) is 18.9. The zero-order chi connectivity index (χ0) is 20.4. The topological polar surface area (TPSA) is 91.3 Å². The van der Waals surface area contributed by atoms with Crippen LogP contribution in [0.25, 0.3) is 0 Å². The smallest absolute Gasteiger partial charge is 0.255 e. The van der Waals surface area contributed by atoms with E-state index in [9.17, 15) is 9.59 Å². The van der Waals surface area contributed by atoms with Crippen LogP contribution in [0.2, 0.25) is 0 Å². The lowest BCUT2D eigenvalue weighted by atomic mass is 9.95. The maximum atomic E-state index is 12.8. The van der Waals surface area contributed by atoms with Crippen LogP contribution in [0, 0.1) is 0 Å². The Balaban J connectivity index is 1.57. The van der Waals surface area contributed by atoms with E-state index in [0.717, 1.165) is 48.7 Å². The summed E-state index contributed by atoms with van der Waals surface area (Å²) in [6, 6.07) is 3.58. The number of rotatable bonds is 3. The summed E-state index contributed by atoms with van der Waals surface area (Å²) in [6.45, 7) is 4.15. The van der Waals surface area contributed by atoms with Gasteiger partial charge in [-0.15, -0.1) is 0 Å². The maximum Gasteiger partial charge on any atom is 0.255 e. The molecule has 29 heavy (non-hydrogen) atoms. The molecule has 0 bridgehead atoms. The molecule has 8 heteroatoms. The van der Waals surface area contributed by atoms with Gasteiger partial charge in [0.1, 0.15) is 11.6 Å². The van der Waals surface area contributed by atoms with Crippen molar-refractivity contribution in [3.8, 4) is 0 Å². The Hall–Kier alpha value is -3.03. The lowest BCUT2D eigenvalue weighted by Crippen LogP contribution is -2.40. The molecule has 1 fully saturated rings. The number of likely N-dealkylation sites (tertiary alicyclic amines) is 1. The molecule has 0 aromatic carbocycles. The minimum Gasteiger partial charge on any atom is -0.373 e. The second kappa shape index (κ2) is 8.14. The number of carbonyl (C=O) groups is 2. The molecular weight excluding hydrogens is 368 g/mol. The number of pyridine rings is 1. The van der Waals surface area contributed by atoms with Crippen LogP contribution >= 0.6 is 0 Å². The minimum atomic E-state index is 0.00620. The second-order valence-electron chi connectivity index (χ2n) is 7.63. The van der Waals surface area contributed by atoms with E-state index in [4.69, 9.17) is 9.97 Å². The van der Waals surface area contributed by atoms with E-state index in [1.54, 1.807) is 31.5 Å². The molecule has 2 aliphatic rings. The van der Waals surface area contributed by atoms with Crippen LogP contribution in [0.3, 0.4) is 0 Å². The zero-order valence-electron chi connectivity index (χ0n) is 16.9. The molecule has 0 aliphatic carbocycles. The van der Waals surface area contributed by atoms with Gasteiger partial charge in [0.2, 0.25) is 5.91 Å². The molecule has 4 heterocycles. The zero-order valence-corrected chi connectivity index (χ0v) is 16.9. The summed E-state index contributed by atoms with van der Waals surface area (Å²) in [4.78, 5) is 42.0. The predicted octanol–water partition coefficient (Wildman–Crippen LogP) is 1.84. The number of carbonyl (C=O) groups excluding carboxylic acids is 2. The Morgan fingerprint density at radius 3 is 2.79 bits per heavy atom. The van der Waals surface area contributed by atoms with Gasteiger partial charge in [0.05, 0.1) is 17.8 Å². The molecule has 2 amide bonds. The Morgan fingerprint density at radius 2 is 2.07 bits per heavy atom. The molecule has 4 rings (SSSR count). The first-order valence-electron chi connectivity index (χ1n) is 10.1. The number of amides is 2. The van der Waals surface area contributed by atoms with Crippen molar-refractivity contribution in [2.75, 3.05) is 32.0 Å². The van der Waals surface area contributed by atoms with Crippen molar-refractivity contribution in [1.82, 2.24) is 24.8 Å². The van der Waals surface area contributed by atoms with E-state index in [1.165, 1.54) is 0 Å². The van der Waals surface area contributed by atoms with Crippen LogP contribution in [0.15, 0.2) is 24.5 Å². The van der Waals surface area contributed by atoms with Crippen molar-refractivity contribution in [2.24, 2.45) is 0 Å². The number of hydrogen-bond acceptors (Lipinski definition) is 6. The maximum absolute atomic E-state index is 12.8. The minimum absolute atomic E-state index is 0.00620. The number of aromatic nitrogens is 3. The Morgan fingerprint density at radius 1 is 1.21 bits per heavy atom. The third-order valence-electron chi connectivity index (χ3n) is 5.74. The Labute approximate surface area is 170 Å². The molecule has 1 saturated heterocycles. The Kier molecular flexibility index (Phi) is 5.42. The second-order valence-corrected chi connectivity index (χ2v) is 7.63. The fourth-order valence-electron chi connectivity index (χ4n) is 4.14. The average molecular weight is 394 g/mol. The van der Waals surface area contributed by atoms with Crippen molar-refractivity contribution in [3.05, 3.63) is 47.2 Å². The monoisotopic (exact) mass is 394 g/mol. The van der Waals surface area contributed by atoms with Crippen LogP contribution in [0.4, 0.5) is 5.82 Å². The molecule has 1 unspecified atom stereocenters. The highest BCUT2D eigenvalue weighted by Gasteiger charge is 2.30.